The van der Waals surface area contributed by atoms with Crippen molar-refractivity contribution in [3.05, 3.63) is 29.8 Å². The zero-order valence-electron chi connectivity index (χ0n) is 14.7. The summed E-state index contributed by atoms with van der Waals surface area (Å²) < 4.78 is 0. The van der Waals surface area contributed by atoms with E-state index >= 15 is 0 Å². The van der Waals surface area contributed by atoms with Gasteiger partial charge in [-0.25, -0.2) is 0 Å². The summed E-state index contributed by atoms with van der Waals surface area (Å²) in [5.74, 6) is 1.26. The van der Waals surface area contributed by atoms with Gasteiger partial charge in [0.05, 0.1) is 5.41 Å². The van der Waals surface area contributed by atoms with Crippen molar-refractivity contribution >= 4 is 17.7 Å². The van der Waals surface area contributed by atoms with E-state index in [4.69, 9.17) is 0 Å². The number of carbonyl (C=O) groups is 1. The van der Waals surface area contributed by atoms with Crippen LogP contribution < -0.4 is 0 Å². The topological polar surface area (TPSA) is 23.6 Å². The second-order valence-electron chi connectivity index (χ2n) is 7.89. The molecule has 0 aromatic heterocycles. The third kappa shape index (κ3) is 3.36. The van der Waals surface area contributed by atoms with Gasteiger partial charge in [0.2, 0.25) is 5.91 Å². The third-order valence-corrected chi connectivity index (χ3v) is 6.70. The molecule has 1 spiro atoms. The average Bonchev–Trinajstić information content (AvgIpc) is 3.33. The van der Waals surface area contributed by atoms with E-state index in [1.807, 2.05) is 0 Å². The standard InChI is InChI=1S/C20H28N2OS/c1-24-18-5-2-4-17(12-18)13-21-11-9-20(15-21)8-3-10-22(19(20)23)14-16-6-7-16/h2,4-5,12,16H,3,6-11,13-15H2,1H3/t20-/m0/s1. The van der Waals surface area contributed by atoms with Crippen LogP contribution in [0.25, 0.3) is 0 Å². The van der Waals surface area contributed by atoms with E-state index in [9.17, 15) is 4.79 Å². The Bertz CT molecular complexity index is 615. The van der Waals surface area contributed by atoms with Gasteiger partial charge in [0.15, 0.2) is 0 Å². The Balaban J connectivity index is 1.41. The van der Waals surface area contributed by atoms with Crippen LogP contribution in [0.2, 0.25) is 0 Å². The van der Waals surface area contributed by atoms with Crippen LogP contribution in [0, 0.1) is 11.3 Å². The zero-order valence-corrected chi connectivity index (χ0v) is 15.5. The second-order valence-corrected chi connectivity index (χ2v) is 8.77. The summed E-state index contributed by atoms with van der Waals surface area (Å²) in [7, 11) is 0. The maximum Gasteiger partial charge on any atom is 0.230 e. The molecule has 24 heavy (non-hydrogen) atoms. The molecule has 2 saturated heterocycles. The quantitative estimate of drug-likeness (QED) is 0.762. The van der Waals surface area contributed by atoms with E-state index in [1.165, 1.54) is 29.7 Å². The highest BCUT2D eigenvalue weighted by molar-refractivity contribution is 7.98. The number of carbonyl (C=O) groups excluding carboxylic acids is 1. The molecule has 130 valence electrons. The molecule has 3 aliphatic rings. The Morgan fingerprint density at radius 1 is 1.25 bits per heavy atom. The largest absolute Gasteiger partial charge is 0.342 e. The summed E-state index contributed by atoms with van der Waals surface area (Å²) in [4.78, 5) is 19.1. The number of thioether (sulfide) groups is 1. The predicted molar refractivity (Wildman–Crippen MR) is 99.1 cm³/mol. The van der Waals surface area contributed by atoms with E-state index in [2.05, 4.69) is 40.3 Å². The molecule has 0 unspecified atom stereocenters. The van der Waals surface area contributed by atoms with Crippen molar-refractivity contribution in [1.29, 1.82) is 0 Å². The van der Waals surface area contributed by atoms with E-state index in [-0.39, 0.29) is 5.41 Å². The smallest absolute Gasteiger partial charge is 0.230 e. The molecule has 3 nitrogen and oxygen atoms in total. The van der Waals surface area contributed by atoms with E-state index in [0.29, 0.717) is 5.91 Å². The monoisotopic (exact) mass is 344 g/mol. The van der Waals surface area contributed by atoms with Crippen molar-refractivity contribution in [2.45, 2.75) is 43.5 Å². The highest BCUT2D eigenvalue weighted by Crippen LogP contribution is 2.42. The Morgan fingerprint density at radius 3 is 2.92 bits per heavy atom. The van der Waals surface area contributed by atoms with E-state index in [0.717, 1.165) is 51.5 Å². The van der Waals surface area contributed by atoms with Crippen LogP contribution in [0.3, 0.4) is 0 Å². The molecule has 1 aliphatic carbocycles. The minimum atomic E-state index is -0.0791. The summed E-state index contributed by atoms with van der Waals surface area (Å²) in [6, 6.07) is 8.82. The van der Waals surface area contributed by atoms with E-state index < -0.39 is 0 Å². The molecule has 1 amide bonds. The molecule has 2 heterocycles. The fraction of sp³-hybridized carbons (Fsp3) is 0.650. The van der Waals surface area contributed by atoms with Gasteiger partial charge in [0.1, 0.15) is 0 Å². The number of nitrogens with zero attached hydrogens (tertiary/aromatic N) is 2. The molecule has 3 fully saturated rings. The predicted octanol–water partition coefficient (Wildman–Crippen LogP) is 3.63. The number of rotatable bonds is 5. The minimum absolute atomic E-state index is 0.0791. The van der Waals surface area contributed by atoms with Gasteiger partial charge in [-0.2, -0.15) is 0 Å². The molecule has 1 saturated carbocycles. The Morgan fingerprint density at radius 2 is 2.12 bits per heavy atom. The molecule has 0 bridgehead atoms. The number of benzene rings is 1. The summed E-state index contributed by atoms with van der Waals surface area (Å²) in [6.07, 6.45) is 8.11. The first kappa shape index (κ1) is 16.5. The number of likely N-dealkylation sites (tertiary alicyclic amines) is 2. The van der Waals surface area contributed by atoms with Gasteiger partial charge in [0.25, 0.3) is 0 Å². The lowest BCUT2D eigenvalue weighted by Crippen LogP contribution is -2.50. The molecule has 4 heteroatoms. The first-order valence-electron chi connectivity index (χ1n) is 9.33. The molecule has 1 atom stereocenters. The molecule has 1 aromatic carbocycles. The van der Waals surface area contributed by atoms with Gasteiger partial charge in [0, 0.05) is 31.1 Å². The van der Waals surface area contributed by atoms with Crippen LogP contribution in [0.4, 0.5) is 0 Å². The second kappa shape index (κ2) is 6.72. The van der Waals surface area contributed by atoms with Crippen LogP contribution in [-0.2, 0) is 11.3 Å². The third-order valence-electron chi connectivity index (χ3n) is 5.97. The molecule has 4 rings (SSSR count). The molecule has 0 radical (unpaired) electrons. The maximum atomic E-state index is 13.1. The first-order valence-corrected chi connectivity index (χ1v) is 10.6. The van der Waals surface area contributed by atoms with Crippen LogP contribution in [-0.4, -0.2) is 48.1 Å². The number of hydrogen-bond acceptors (Lipinski definition) is 3. The SMILES string of the molecule is CSc1cccc(CN2CC[C@@]3(CCCN(CC4CC4)C3=O)C2)c1. The van der Waals surface area contributed by atoms with Crippen LogP contribution in [0.15, 0.2) is 29.2 Å². The van der Waals surface area contributed by atoms with Crippen molar-refractivity contribution in [1.82, 2.24) is 9.80 Å². The summed E-state index contributed by atoms with van der Waals surface area (Å²) >= 11 is 1.80. The Hall–Kier alpha value is -1.00. The zero-order chi connectivity index (χ0) is 16.6. The van der Waals surface area contributed by atoms with Gasteiger partial charge in [-0.1, -0.05) is 12.1 Å². The lowest BCUT2D eigenvalue weighted by atomic mass is 9.78. The van der Waals surface area contributed by atoms with Crippen molar-refractivity contribution in [2.24, 2.45) is 11.3 Å². The Labute approximate surface area is 149 Å². The first-order chi connectivity index (χ1) is 11.7. The van der Waals surface area contributed by atoms with Crippen LogP contribution >= 0.6 is 11.8 Å². The van der Waals surface area contributed by atoms with Gasteiger partial charge in [-0.15, -0.1) is 11.8 Å². The van der Waals surface area contributed by atoms with Crippen LogP contribution in [0.5, 0.6) is 0 Å². The fourth-order valence-corrected chi connectivity index (χ4v) is 4.92. The molecule has 2 aliphatic heterocycles. The highest BCUT2D eigenvalue weighted by Gasteiger charge is 2.48. The molecular weight excluding hydrogens is 316 g/mol. The van der Waals surface area contributed by atoms with E-state index in [1.54, 1.807) is 11.8 Å². The van der Waals surface area contributed by atoms with Crippen molar-refractivity contribution < 1.29 is 4.79 Å². The average molecular weight is 345 g/mol. The summed E-state index contributed by atoms with van der Waals surface area (Å²) in [5.41, 5.74) is 1.29. The maximum absolute atomic E-state index is 13.1. The lowest BCUT2D eigenvalue weighted by molar-refractivity contribution is -0.145. The van der Waals surface area contributed by atoms with Gasteiger partial charge < -0.3 is 4.90 Å². The number of hydrogen-bond donors (Lipinski definition) is 0. The number of piperidine rings is 1. The van der Waals surface area contributed by atoms with Gasteiger partial charge in [-0.3, -0.25) is 9.69 Å². The number of amides is 1. The molecular formula is C20H28N2OS. The van der Waals surface area contributed by atoms with Crippen LogP contribution in [0.1, 0.15) is 37.7 Å². The summed E-state index contributed by atoms with van der Waals surface area (Å²) in [5, 5.41) is 0. The van der Waals surface area contributed by atoms with Crippen molar-refractivity contribution in [3.63, 3.8) is 0 Å². The molecule has 0 N–H and O–H groups in total. The summed E-state index contributed by atoms with van der Waals surface area (Å²) in [6.45, 7) is 5.01. The normalized spacial score (nSPS) is 28.0. The lowest BCUT2D eigenvalue weighted by Gasteiger charge is -2.39. The Kier molecular flexibility index (Phi) is 4.61. The van der Waals surface area contributed by atoms with Gasteiger partial charge in [-0.05, 0) is 68.5 Å². The van der Waals surface area contributed by atoms with Gasteiger partial charge >= 0.3 is 0 Å². The minimum Gasteiger partial charge on any atom is -0.342 e. The fourth-order valence-electron chi connectivity index (χ4n) is 4.44. The van der Waals surface area contributed by atoms with Crippen molar-refractivity contribution in [2.75, 3.05) is 32.4 Å². The van der Waals surface area contributed by atoms with Crippen molar-refractivity contribution in [3.8, 4) is 0 Å². The molecule has 1 aromatic rings. The highest BCUT2D eigenvalue weighted by atomic mass is 32.2.